The Hall–Kier alpha value is -2.00. The van der Waals surface area contributed by atoms with E-state index in [1.54, 1.807) is 5.40 Å². The van der Waals surface area contributed by atoms with Gasteiger partial charge in [0.1, 0.15) is 11.2 Å². The maximum atomic E-state index is 11.6. The molecule has 0 bridgehead atoms. The molecule has 0 spiro atoms. The number of nitrogens with one attached hydrogen (secondary N) is 1. The Morgan fingerprint density at radius 3 is 2.82 bits per heavy atom. The van der Waals surface area contributed by atoms with Gasteiger partial charge in [0, 0.05) is 12.6 Å². The number of phenolic OH excluding ortho intramolecular Hbond substituents is 1. The van der Waals surface area contributed by atoms with Crippen LogP contribution in [0, 0.1) is 10.7 Å². The number of phenols is 1. The van der Waals surface area contributed by atoms with Gasteiger partial charge in [-0.15, -0.1) is 0 Å². The molecule has 0 atom stereocenters. The number of nitriles is 1. The van der Waals surface area contributed by atoms with Gasteiger partial charge in [0.15, 0.2) is 5.78 Å². The molecule has 0 aromatic heterocycles. The minimum absolute atomic E-state index is 0.0341. The summed E-state index contributed by atoms with van der Waals surface area (Å²) >= 11 is 0.797. The zero-order chi connectivity index (χ0) is 12.8. The highest BCUT2D eigenvalue weighted by atomic mass is 32.2. The third-order valence-corrected chi connectivity index (χ3v) is 2.42. The third kappa shape index (κ3) is 3.81. The number of nitrogens with zero attached hydrogens (tertiary/aromatic N) is 1. The van der Waals surface area contributed by atoms with Crippen LogP contribution in [0.1, 0.15) is 17.3 Å². The van der Waals surface area contributed by atoms with Crippen LogP contribution in [-0.4, -0.2) is 22.5 Å². The molecule has 0 aliphatic heterocycles. The fraction of sp³-hybridized carbons (Fsp3) is 0.182. The number of hydrogen-bond donors (Lipinski definition) is 2. The molecule has 88 valence electrons. The first-order chi connectivity index (χ1) is 8.04. The van der Waals surface area contributed by atoms with Gasteiger partial charge in [0.2, 0.25) is 5.91 Å². The zero-order valence-corrected chi connectivity index (χ0v) is 9.87. The van der Waals surface area contributed by atoms with Gasteiger partial charge in [0.25, 0.3) is 0 Å². The van der Waals surface area contributed by atoms with Gasteiger partial charge in [-0.05, 0) is 30.0 Å². The molecule has 1 rings (SSSR count). The lowest BCUT2D eigenvalue weighted by Crippen LogP contribution is -2.08. The monoisotopic (exact) mass is 250 g/mol. The summed E-state index contributed by atoms with van der Waals surface area (Å²) in [5.74, 6) is -0.822. The predicted molar refractivity (Wildman–Crippen MR) is 64.8 cm³/mol. The first-order valence-electron chi connectivity index (χ1n) is 4.69. The van der Waals surface area contributed by atoms with Crippen molar-refractivity contribution in [3.05, 3.63) is 23.8 Å². The number of amides is 1. The maximum Gasteiger partial charge on any atom is 0.221 e. The van der Waals surface area contributed by atoms with Gasteiger partial charge in [-0.1, -0.05) is 0 Å². The fourth-order valence-corrected chi connectivity index (χ4v) is 1.57. The summed E-state index contributed by atoms with van der Waals surface area (Å²) in [6.45, 7) is 1.35. The van der Waals surface area contributed by atoms with Crippen molar-refractivity contribution in [2.75, 3.05) is 11.1 Å². The number of thiocyanates is 1. The van der Waals surface area contributed by atoms with Crippen LogP contribution in [0.2, 0.25) is 0 Å². The standard InChI is InChI=1S/C11H10N2O3S/c1-7(14)13-8-2-3-10(15)9(4-8)11(16)5-17-6-12/h2-4,15H,5H2,1H3,(H,13,14). The second-order valence-corrected chi connectivity index (χ2v) is 3.98. The summed E-state index contributed by atoms with van der Waals surface area (Å²) in [5, 5.41) is 22.1. The van der Waals surface area contributed by atoms with Crippen LogP contribution in [0.15, 0.2) is 18.2 Å². The van der Waals surface area contributed by atoms with E-state index >= 15 is 0 Å². The molecular formula is C11H10N2O3S. The van der Waals surface area contributed by atoms with Crippen LogP contribution >= 0.6 is 11.8 Å². The Balaban J connectivity index is 2.94. The molecule has 6 heteroatoms. The molecule has 1 amide bonds. The molecule has 1 aromatic rings. The van der Waals surface area contributed by atoms with Crippen LogP contribution in [0.3, 0.4) is 0 Å². The normalized spacial score (nSPS) is 9.41. The molecule has 2 N–H and O–H groups in total. The molecule has 0 saturated carbocycles. The molecule has 0 radical (unpaired) electrons. The Labute approximate surface area is 102 Å². The largest absolute Gasteiger partial charge is 0.507 e. The quantitative estimate of drug-likeness (QED) is 0.482. The number of benzene rings is 1. The highest BCUT2D eigenvalue weighted by molar-refractivity contribution is 8.04. The van der Waals surface area contributed by atoms with Gasteiger partial charge in [0.05, 0.1) is 11.3 Å². The molecule has 0 heterocycles. The third-order valence-electron chi connectivity index (χ3n) is 1.89. The van der Waals surface area contributed by atoms with Gasteiger partial charge in [-0.2, -0.15) is 5.26 Å². The van der Waals surface area contributed by atoms with Crippen molar-refractivity contribution in [2.45, 2.75) is 6.92 Å². The number of aromatic hydroxyl groups is 1. The number of rotatable bonds is 4. The molecule has 0 aliphatic rings. The van der Waals surface area contributed by atoms with Crippen LogP contribution < -0.4 is 5.32 Å². The van der Waals surface area contributed by atoms with Crippen LogP contribution in [0.5, 0.6) is 5.75 Å². The number of hydrogen-bond acceptors (Lipinski definition) is 5. The van der Waals surface area contributed by atoms with E-state index in [0.717, 1.165) is 11.8 Å². The van der Waals surface area contributed by atoms with Gasteiger partial charge < -0.3 is 10.4 Å². The molecule has 17 heavy (non-hydrogen) atoms. The first-order valence-corrected chi connectivity index (χ1v) is 5.68. The van der Waals surface area contributed by atoms with Crippen molar-refractivity contribution >= 4 is 29.1 Å². The van der Waals surface area contributed by atoms with Crippen LogP contribution in [0.25, 0.3) is 0 Å². The van der Waals surface area contributed by atoms with Gasteiger partial charge >= 0.3 is 0 Å². The minimum atomic E-state index is -0.360. The second-order valence-electron chi connectivity index (χ2n) is 3.22. The topological polar surface area (TPSA) is 90.2 Å². The number of carbonyl (C=O) groups excluding carboxylic acids is 2. The summed E-state index contributed by atoms with van der Waals surface area (Å²) in [6.07, 6.45) is 0. The van der Waals surface area contributed by atoms with Crippen molar-refractivity contribution in [2.24, 2.45) is 0 Å². The SMILES string of the molecule is CC(=O)Nc1ccc(O)c(C(=O)CSC#N)c1. The summed E-state index contributed by atoms with van der Waals surface area (Å²) in [4.78, 5) is 22.5. The lowest BCUT2D eigenvalue weighted by molar-refractivity contribution is -0.114. The fourth-order valence-electron chi connectivity index (χ4n) is 1.22. The van der Waals surface area contributed by atoms with E-state index in [2.05, 4.69) is 5.32 Å². The Morgan fingerprint density at radius 2 is 2.24 bits per heavy atom. The zero-order valence-electron chi connectivity index (χ0n) is 9.06. The second kappa shape index (κ2) is 5.92. The molecule has 1 aromatic carbocycles. The predicted octanol–water partition coefficient (Wildman–Crippen LogP) is 1.75. The van der Waals surface area contributed by atoms with Crippen molar-refractivity contribution in [1.82, 2.24) is 0 Å². The van der Waals surface area contributed by atoms with E-state index in [1.165, 1.54) is 25.1 Å². The van der Waals surface area contributed by atoms with Crippen molar-refractivity contribution in [3.8, 4) is 11.2 Å². The van der Waals surface area contributed by atoms with E-state index in [1.807, 2.05) is 0 Å². The lowest BCUT2D eigenvalue weighted by Gasteiger charge is -2.06. The van der Waals surface area contributed by atoms with E-state index in [-0.39, 0.29) is 28.8 Å². The molecule has 0 fully saturated rings. The minimum Gasteiger partial charge on any atom is -0.507 e. The average molecular weight is 250 g/mol. The number of carbonyl (C=O) groups is 2. The van der Waals surface area contributed by atoms with Gasteiger partial charge in [-0.25, -0.2) is 0 Å². The van der Waals surface area contributed by atoms with Crippen LogP contribution in [-0.2, 0) is 4.79 Å². The first kappa shape index (κ1) is 13.1. The van der Waals surface area contributed by atoms with E-state index < -0.39 is 0 Å². The molecule has 0 saturated heterocycles. The summed E-state index contributed by atoms with van der Waals surface area (Å²) in [5.41, 5.74) is 0.527. The van der Waals surface area contributed by atoms with E-state index in [0.29, 0.717) is 5.69 Å². The highest BCUT2D eigenvalue weighted by Gasteiger charge is 2.12. The highest BCUT2D eigenvalue weighted by Crippen LogP contribution is 2.23. The molecule has 0 aliphatic carbocycles. The smallest absolute Gasteiger partial charge is 0.221 e. The summed E-state index contributed by atoms with van der Waals surface area (Å²) in [6, 6.07) is 4.21. The van der Waals surface area contributed by atoms with Crippen molar-refractivity contribution in [3.63, 3.8) is 0 Å². The van der Waals surface area contributed by atoms with Crippen molar-refractivity contribution < 1.29 is 14.7 Å². The summed E-state index contributed by atoms with van der Waals surface area (Å²) in [7, 11) is 0. The number of ketones is 1. The van der Waals surface area contributed by atoms with Gasteiger partial charge in [-0.3, -0.25) is 9.59 Å². The number of Topliss-reactive ketones (excluding diaryl/α,β-unsaturated/α-hetero) is 1. The maximum absolute atomic E-state index is 11.6. The Kier molecular flexibility index (Phi) is 4.55. The van der Waals surface area contributed by atoms with E-state index in [4.69, 9.17) is 5.26 Å². The Bertz CT molecular complexity index is 494. The lowest BCUT2D eigenvalue weighted by atomic mass is 10.1. The molecular weight excluding hydrogens is 240 g/mol. The average Bonchev–Trinajstić information content (AvgIpc) is 2.28. The number of anilines is 1. The summed E-state index contributed by atoms with van der Waals surface area (Å²) < 4.78 is 0. The van der Waals surface area contributed by atoms with Crippen LogP contribution in [0.4, 0.5) is 5.69 Å². The Morgan fingerprint density at radius 1 is 1.53 bits per heavy atom. The van der Waals surface area contributed by atoms with E-state index in [9.17, 15) is 14.7 Å². The molecule has 0 unspecified atom stereocenters. The van der Waals surface area contributed by atoms with Crippen molar-refractivity contribution in [1.29, 1.82) is 5.26 Å². The number of thioether (sulfide) groups is 1. The molecule has 5 nitrogen and oxygen atoms in total.